The van der Waals surface area contributed by atoms with Crippen LogP contribution in [0.25, 0.3) is 0 Å². The number of rotatable bonds is 6. The van der Waals surface area contributed by atoms with Crippen LogP contribution in [0.4, 0.5) is 0 Å². The predicted molar refractivity (Wildman–Crippen MR) is 65.6 cm³/mol. The van der Waals surface area contributed by atoms with Crippen LogP contribution < -0.4 is 5.32 Å². The first-order chi connectivity index (χ1) is 7.63. The molecule has 0 saturated carbocycles. The molecule has 0 aliphatic carbocycles. The maximum atomic E-state index is 9.09. The Morgan fingerprint density at radius 2 is 2.19 bits per heavy atom. The number of aromatic nitrogens is 2. The van der Waals surface area contributed by atoms with Crippen molar-refractivity contribution in [2.75, 3.05) is 6.61 Å². The first-order valence-electron chi connectivity index (χ1n) is 5.68. The van der Waals surface area contributed by atoms with Crippen LogP contribution in [0.1, 0.15) is 31.5 Å². The van der Waals surface area contributed by atoms with Gasteiger partial charge < -0.3 is 10.4 Å². The summed E-state index contributed by atoms with van der Waals surface area (Å²) in [6, 6.07) is 0.126. The van der Waals surface area contributed by atoms with Gasteiger partial charge >= 0.3 is 0 Å². The molecule has 0 fully saturated rings. The van der Waals surface area contributed by atoms with Crippen LogP contribution in [-0.2, 0) is 20.0 Å². The van der Waals surface area contributed by atoms with Gasteiger partial charge in [-0.25, -0.2) is 0 Å². The lowest BCUT2D eigenvalue weighted by Crippen LogP contribution is -2.31. The second-order valence-electron chi connectivity index (χ2n) is 3.86. The van der Waals surface area contributed by atoms with Crippen molar-refractivity contribution in [1.29, 1.82) is 0 Å². The molecule has 1 heterocycles. The zero-order valence-corrected chi connectivity index (χ0v) is 10.9. The van der Waals surface area contributed by atoms with Crippen molar-refractivity contribution in [3.8, 4) is 0 Å². The van der Waals surface area contributed by atoms with Crippen LogP contribution in [0, 0.1) is 0 Å². The minimum atomic E-state index is 0.126. The molecule has 5 heteroatoms. The fourth-order valence-electron chi connectivity index (χ4n) is 1.64. The SMILES string of the molecule is CCc1nn(C)c(Cl)c1CN[C@H](CC)CO. The average Bonchev–Trinajstić information content (AvgIpc) is 2.57. The molecule has 0 aromatic carbocycles. The Balaban J connectivity index is 2.72. The number of halogens is 1. The Morgan fingerprint density at radius 1 is 1.50 bits per heavy atom. The summed E-state index contributed by atoms with van der Waals surface area (Å²) < 4.78 is 1.69. The summed E-state index contributed by atoms with van der Waals surface area (Å²) in [4.78, 5) is 0. The molecule has 0 unspecified atom stereocenters. The number of aliphatic hydroxyl groups is 1. The molecule has 0 amide bonds. The Bertz CT molecular complexity index is 334. The van der Waals surface area contributed by atoms with E-state index >= 15 is 0 Å². The molecule has 92 valence electrons. The van der Waals surface area contributed by atoms with Gasteiger partial charge in [-0.1, -0.05) is 25.4 Å². The number of nitrogens with zero attached hydrogens (tertiary/aromatic N) is 2. The highest BCUT2D eigenvalue weighted by Gasteiger charge is 2.14. The summed E-state index contributed by atoms with van der Waals surface area (Å²) in [6.45, 7) is 4.91. The second kappa shape index (κ2) is 6.23. The highest BCUT2D eigenvalue weighted by atomic mass is 35.5. The molecular weight excluding hydrogens is 226 g/mol. The number of nitrogens with one attached hydrogen (secondary N) is 1. The van der Waals surface area contributed by atoms with Crippen molar-refractivity contribution in [1.82, 2.24) is 15.1 Å². The van der Waals surface area contributed by atoms with E-state index in [0.717, 1.165) is 24.1 Å². The third-order valence-corrected chi connectivity index (χ3v) is 3.24. The molecular formula is C11H20ClN3O. The Hall–Kier alpha value is -0.580. The minimum absolute atomic E-state index is 0.126. The summed E-state index contributed by atoms with van der Waals surface area (Å²) >= 11 is 6.16. The van der Waals surface area contributed by atoms with Crippen LogP contribution in [0.3, 0.4) is 0 Å². The van der Waals surface area contributed by atoms with Gasteiger partial charge in [0.05, 0.1) is 12.3 Å². The molecule has 0 bridgehead atoms. The normalized spacial score (nSPS) is 13.1. The van der Waals surface area contributed by atoms with Gasteiger partial charge in [0.2, 0.25) is 0 Å². The monoisotopic (exact) mass is 245 g/mol. The van der Waals surface area contributed by atoms with E-state index in [-0.39, 0.29) is 12.6 Å². The van der Waals surface area contributed by atoms with Crippen LogP contribution in [-0.4, -0.2) is 27.5 Å². The van der Waals surface area contributed by atoms with E-state index < -0.39 is 0 Å². The van der Waals surface area contributed by atoms with Gasteiger partial charge in [0.25, 0.3) is 0 Å². The maximum absolute atomic E-state index is 9.09. The fourth-order valence-corrected chi connectivity index (χ4v) is 1.86. The Morgan fingerprint density at radius 3 is 2.69 bits per heavy atom. The van der Waals surface area contributed by atoms with E-state index in [4.69, 9.17) is 16.7 Å². The first-order valence-corrected chi connectivity index (χ1v) is 6.06. The summed E-state index contributed by atoms with van der Waals surface area (Å²) in [5.74, 6) is 0. The lowest BCUT2D eigenvalue weighted by atomic mass is 10.2. The van der Waals surface area contributed by atoms with Gasteiger partial charge in [-0.3, -0.25) is 4.68 Å². The van der Waals surface area contributed by atoms with Crippen LogP contribution >= 0.6 is 11.6 Å². The highest BCUT2D eigenvalue weighted by molar-refractivity contribution is 6.30. The lowest BCUT2D eigenvalue weighted by Gasteiger charge is -2.13. The van der Waals surface area contributed by atoms with Gasteiger partial charge in [-0.05, 0) is 12.8 Å². The number of hydrogen-bond acceptors (Lipinski definition) is 3. The highest BCUT2D eigenvalue weighted by Crippen LogP contribution is 2.19. The summed E-state index contributed by atoms with van der Waals surface area (Å²) in [5.41, 5.74) is 2.06. The average molecular weight is 246 g/mol. The Kier molecular flexibility index (Phi) is 5.25. The topological polar surface area (TPSA) is 50.1 Å². The van der Waals surface area contributed by atoms with Gasteiger partial charge in [0, 0.05) is 25.2 Å². The zero-order valence-electron chi connectivity index (χ0n) is 10.1. The minimum Gasteiger partial charge on any atom is -0.395 e. The number of aryl methyl sites for hydroxylation is 2. The summed E-state index contributed by atoms with van der Waals surface area (Å²) in [6.07, 6.45) is 1.77. The quantitative estimate of drug-likeness (QED) is 0.799. The van der Waals surface area contributed by atoms with Gasteiger partial charge in [-0.15, -0.1) is 0 Å². The molecule has 1 atom stereocenters. The van der Waals surface area contributed by atoms with E-state index in [1.807, 2.05) is 14.0 Å². The van der Waals surface area contributed by atoms with Gasteiger partial charge in [-0.2, -0.15) is 5.10 Å². The molecule has 0 radical (unpaired) electrons. The standard InChI is InChI=1S/C11H20ClN3O/c1-4-8(7-16)13-6-9-10(5-2)14-15(3)11(9)12/h8,13,16H,4-7H2,1-3H3/t8-/m1/s1. The van der Waals surface area contributed by atoms with Crippen LogP contribution in [0.5, 0.6) is 0 Å². The number of aliphatic hydroxyl groups excluding tert-OH is 1. The first kappa shape index (κ1) is 13.5. The Labute approximate surface area is 102 Å². The molecule has 0 aliphatic rings. The second-order valence-corrected chi connectivity index (χ2v) is 4.22. The molecule has 0 aliphatic heterocycles. The van der Waals surface area contributed by atoms with E-state index in [2.05, 4.69) is 17.3 Å². The predicted octanol–water partition coefficient (Wildman–Crippen LogP) is 1.50. The molecule has 1 aromatic heterocycles. The van der Waals surface area contributed by atoms with Crippen molar-refractivity contribution in [3.63, 3.8) is 0 Å². The van der Waals surface area contributed by atoms with E-state index in [0.29, 0.717) is 11.7 Å². The summed E-state index contributed by atoms with van der Waals surface area (Å²) in [7, 11) is 1.84. The van der Waals surface area contributed by atoms with E-state index in [1.54, 1.807) is 4.68 Å². The third kappa shape index (κ3) is 2.97. The molecule has 2 N–H and O–H groups in total. The lowest BCUT2D eigenvalue weighted by molar-refractivity contribution is 0.238. The van der Waals surface area contributed by atoms with Crippen molar-refractivity contribution in [2.24, 2.45) is 7.05 Å². The van der Waals surface area contributed by atoms with Crippen molar-refractivity contribution >= 4 is 11.6 Å². The largest absolute Gasteiger partial charge is 0.395 e. The molecule has 4 nitrogen and oxygen atoms in total. The van der Waals surface area contributed by atoms with Crippen molar-refractivity contribution in [3.05, 3.63) is 16.4 Å². The van der Waals surface area contributed by atoms with Crippen molar-refractivity contribution in [2.45, 2.75) is 39.3 Å². The van der Waals surface area contributed by atoms with E-state index in [1.165, 1.54) is 0 Å². The smallest absolute Gasteiger partial charge is 0.131 e. The molecule has 0 saturated heterocycles. The molecule has 0 spiro atoms. The summed E-state index contributed by atoms with van der Waals surface area (Å²) in [5, 5.41) is 17.4. The molecule has 1 rings (SSSR count). The molecule has 16 heavy (non-hydrogen) atoms. The third-order valence-electron chi connectivity index (χ3n) is 2.77. The van der Waals surface area contributed by atoms with E-state index in [9.17, 15) is 0 Å². The fraction of sp³-hybridized carbons (Fsp3) is 0.727. The van der Waals surface area contributed by atoms with Crippen LogP contribution in [0.15, 0.2) is 0 Å². The van der Waals surface area contributed by atoms with Crippen LogP contribution in [0.2, 0.25) is 5.15 Å². The number of hydrogen-bond donors (Lipinski definition) is 2. The van der Waals surface area contributed by atoms with Gasteiger partial charge in [0.15, 0.2) is 0 Å². The molecule has 1 aromatic rings. The zero-order chi connectivity index (χ0) is 12.1. The van der Waals surface area contributed by atoms with Gasteiger partial charge in [0.1, 0.15) is 5.15 Å². The van der Waals surface area contributed by atoms with Crippen molar-refractivity contribution < 1.29 is 5.11 Å². The maximum Gasteiger partial charge on any atom is 0.131 e.